The van der Waals surface area contributed by atoms with E-state index in [1.165, 1.54) is 7.11 Å². The molecule has 1 aromatic carbocycles. The van der Waals surface area contributed by atoms with Crippen molar-refractivity contribution in [3.05, 3.63) is 23.2 Å². The van der Waals surface area contributed by atoms with Crippen molar-refractivity contribution in [2.75, 3.05) is 12.4 Å². The quantitative estimate of drug-likeness (QED) is 0.618. The third-order valence-corrected chi connectivity index (χ3v) is 2.70. The van der Waals surface area contributed by atoms with Crippen LogP contribution in [-0.2, 0) is 9.59 Å². The van der Waals surface area contributed by atoms with Crippen LogP contribution in [0.5, 0.6) is 5.75 Å². The molecule has 1 rings (SSSR count). The maximum atomic E-state index is 11.9. The van der Waals surface area contributed by atoms with E-state index in [1.807, 2.05) is 0 Å². The van der Waals surface area contributed by atoms with Crippen molar-refractivity contribution in [1.29, 1.82) is 5.26 Å². The minimum absolute atomic E-state index is 0.0253. The van der Waals surface area contributed by atoms with E-state index in [4.69, 9.17) is 21.6 Å². The summed E-state index contributed by atoms with van der Waals surface area (Å²) in [5.74, 6) is -0.384. The number of hydrogen-bond acceptors (Lipinski definition) is 5. The molecule has 7 nitrogen and oxygen atoms in total. The predicted octanol–water partition coefficient (Wildman–Crippen LogP) is 2.08. The minimum Gasteiger partial charge on any atom is -0.495 e. The maximum Gasteiger partial charge on any atom is 0.254 e. The van der Waals surface area contributed by atoms with Gasteiger partial charge in [0.2, 0.25) is 5.91 Å². The van der Waals surface area contributed by atoms with Crippen molar-refractivity contribution in [1.82, 2.24) is 5.43 Å². The van der Waals surface area contributed by atoms with Crippen molar-refractivity contribution in [3.63, 3.8) is 0 Å². The van der Waals surface area contributed by atoms with Gasteiger partial charge >= 0.3 is 0 Å². The van der Waals surface area contributed by atoms with Gasteiger partial charge in [0.1, 0.15) is 12.2 Å². The van der Waals surface area contributed by atoms with E-state index in [9.17, 15) is 9.59 Å². The van der Waals surface area contributed by atoms with Crippen molar-refractivity contribution >= 4 is 34.8 Å². The van der Waals surface area contributed by atoms with Crippen LogP contribution in [-0.4, -0.2) is 24.6 Å². The van der Waals surface area contributed by atoms with Crippen molar-refractivity contribution in [3.8, 4) is 11.8 Å². The monoisotopic (exact) mass is 322 g/mol. The standard InChI is InChI=1S/C14H15ClN4O3/c1-9(18-19-13(20)5-6-16)7-14(21)17-11-8-10(15)3-4-12(11)22-2/h3-4,8H,5,7H2,1-2H3,(H,17,21)(H,19,20). The van der Waals surface area contributed by atoms with Gasteiger partial charge in [-0.25, -0.2) is 5.43 Å². The number of carbonyl (C=O) groups excluding carboxylic acids is 2. The highest BCUT2D eigenvalue weighted by molar-refractivity contribution is 6.31. The number of nitrogens with zero attached hydrogens (tertiary/aromatic N) is 2. The van der Waals surface area contributed by atoms with Crippen LogP contribution in [0.1, 0.15) is 19.8 Å². The number of nitriles is 1. The van der Waals surface area contributed by atoms with Crippen LogP contribution in [0.15, 0.2) is 23.3 Å². The Labute approximate surface area is 132 Å². The molecule has 1 aromatic rings. The fourth-order valence-electron chi connectivity index (χ4n) is 1.51. The number of hydrogen-bond donors (Lipinski definition) is 2. The SMILES string of the molecule is COc1ccc(Cl)cc1NC(=O)CC(C)=NNC(=O)CC#N. The molecule has 0 aliphatic heterocycles. The number of hydrazone groups is 1. The third-order valence-electron chi connectivity index (χ3n) is 2.46. The molecular weight excluding hydrogens is 308 g/mol. The molecule has 116 valence electrons. The van der Waals surface area contributed by atoms with Crippen LogP contribution < -0.4 is 15.5 Å². The molecule has 0 atom stereocenters. The van der Waals surface area contributed by atoms with Gasteiger partial charge in [-0.3, -0.25) is 9.59 Å². The van der Waals surface area contributed by atoms with E-state index in [0.29, 0.717) is 22.2 Å². The second-order valence-corrected chi connectivity index (χ2v) is 4.72. The molecule has 0 saturated carbocycles. The van der Waals surface area contributed by atoms with Gasteiger partial charge in [-0.2, -0.15) is 10.4 Å². The number of ether oxygens (including phenoxy) is 1. The van der Waals surface area contributed by atoms with Gasteiger partial charge in [-0.15, -0.1) is 0 Å². The largest absolute Gasteiger partial charge is 0.495 e. The first-order valence-electron chi connectivity index (χ1n) is 6.28. The number of benzene rings is 1. The number of methoxy groups -OCH3 is 1. The fourth-order valence-corrected chi connectivity index (χ4v) is 1.69. The molecule has 0 aromatic heterocycles. The lowest BCUT2D eigenvalue weighted by molar-refractivity contribution is -0.120. The molecular formula is C14H15ClN4O3. The molecule has 0 spiro atoms. The highest BCUT2D eigenvalue weighted by Crippen LogP contribution is 2.27. The Bertz CT molecular complexity index is 637. The molecule has 0 aliphatic rings. The molecule has 0 fully saturated rings. The molecule has 0 radical (unpaired) electrons. The van der Waals surface area contributed by atoms with E-state index in [-0.39, 0.29) is 18.7 Å². The van der Waals surface area contributed by atoms with Crippen LogP contribution in [0.3, 0.4) is 0 Å². The summed E-state index contributed by atoms with van der Waals surface area (Å²) in [6.07, 6.45) is -0.314. The highest BCUT2D eigenvalue weighted by atomic mass is 35.5. The molecule has 2 amide bonds. The number of rotatable bonds is 6. The van der Waals surface area contributed by atoms with E-state index in [2.05, 4.69) is 15.8 Å². The molecule has 0 aliphatic carbocycles. The normalized spacial score (nSPS) is 10.5. The molecule has 0 heterocycles. The Morgan fingerprint density at radius 1 is 1.41 bits per heavy atom. The molecule has 2 N–H and O–H groups in total. The van der Waals surface area contributed by atoms with Gasteiger partial charge in [0.05, 0.1) is 25.3 Å². The van der Waals surface area contributed by atoms with Gasteiger partial charge in [0.15, 0.2) is 0 Å². The second-order valence-electron chi connectivity index (χ2n) is 4.29. The first-order chi connectivity index (χ1) is 10.5. The van der Waals surface area contributed by atoms with Crippen molar-refractivity contribution in [2.24, 2.45) is 5.10 Å². The summed E-state index contributed by atoms with van der Waals surface area (Å²) in [5.41, 5.74) is 3.02. The maximum absolute atomic E-state index is 11.9. The first kappa shape index (κ1) is 17.5. The van der Waals surface area contributed by atoms with Crippen molar-refractivity contribution in [2.45, 2.75) is 19.8 Å². The number of carbonyl (C=O) groups is 2. The average Bonchev–Trinajstić information content (AvgIpc) is 2.45. The average molecular weight is 323 g/mol. The van der Waals surface area contributed by atoms with Crippen LogP contribution in [0.4, 0.5) is 5.69 Å². The summed E-state index contributed by atoms with van der Waals surface area (Å²) in [7, 11) is 1.48. The summed E-state index contributed by atoms with van der Waals surface area (Å²) in [5, 5.41) is 15.2. The fraction of sp³-hybridized carbons (Fsp3) is 0.286. The lowest BCUT2D eigenvalue weighted by atomic mass is 10.2. The number of nitrogens with one attached hydrogen (secondary N) is 2. The summed E-state index contributed by atoms with van der Waals surface area (Å²) >= 11 is 5.87. The lowest BCUT2D eigenvalue weighted by Gasteiger charge is -2.10. The van der Waals surface area contributed by atoms with E-state index in [0.717, 1.165) is 0 Å². The third kappa shape index (κ3) is 5.81. The minimum atomic E-state index is -0.529. The molecule has 22 heavy (non-hydrogen) atoms. The Balaban J connectivity index is 2.63. The lowest BCUT2D eigenvalue weighted by Crippen LogP contribution is -2.21. The topological polar surface area (TPSA) is 104 Å². The van der Waals surface area contributed by atoms with E-state index >= 15 is 0 Å². The van der Waals surface area contributed by atoms with Gasteiger partial charge < -0.3 is 10.1 Å². The van der Waals surface area contributed by atoms with Gasteiger partial charge in [0.25, 0.3) is 5.91 Å². The zero-order valence-electron chi connectivity index (χ0n) is 12.1. The Morgan fingerprint density at radius 2 is 2.14 bits per heavy atom. The predicted molar refractivity (Wildman–Crippen MR) is 82.7 cm³/mol. The van der Waals surface area contributed by atoms with Crippen molar-refractivity contribution < 1.29 is 14.3 Å². The number of halogens is 1. The molecule has 8 heteroatoms. The van der Waals surface area contributed by atoms with E-state index < -0.39 is 5.91 Å². The molecule has 0 bridgehead atoms. The molecule has 0 unspecified atom stereocenters. The molecule has 0 saturated heterocycles. The van der Waals surface area contributed by atoms with Crippen LogP contribution in [0, 0.1) is 11.3 Å². The van der Waals surface area contributed by atoms with E-state index in [1.54, 1.807) is 31.2 Å². The van der Waals surface area contributed by atoms with Gasteiger partial charge in [-0.05, 0) is 25.1 Å². The van der Waals surface area contributed by atoms with Crippen LogP contribution in [0.2, 0.25) is 5.02 Å². The summed E-state index contributed by atoms with van der Waals surface area (Å²) in [4.78, 5) is 23.0. The first-order valence-corrected chi connectivity index (χ1v) is 6.66. The van der Waals surface area contributed by atoms with Crippen LogP contribution >= 0.6 is 11.6 Å². The Morgan fingerprint density at radius 3 is 2.77 bits per heavy atom. The number of anilines is 1. The summed E-state index contributed by atoms with van der Waals surface area (Å²) < 4.78 is 5.12. The smallest absolute Gasteiger partial charge is 0.254 e. The number of amides is 2. The van der Waals surface area contributed by atoms with Gasteiger partial charge in [0, 0.05) is 10.7 Å². The van der Waals surface area contributed by atoms with Gasteiger partial charge in [-0.1, -0.05) is 11.6 Å². The second kappa shape index (κ2) is 8.64. The Kier molecular flexibility index (Phi) is 6.86. The van der Waals surface area contributed by atoms with Crippen LogP contribution in [0.25, 0.3) is 0 Å². The summed E-state index contributed by atoms with van der Waals surface area (Å²) in [6.45, 7) is 1.58. The Hall–Kier alpha value is -2.59. The highest BCUT2D eigenvalue weighted by Gasteiger charge is 2.10. The zero-order chi connectivity index (χ0) is 16.5. The summed E-state index contributed by atoms with van der Waals surface area (Å²) in [6, 6.07) is 6.55. The zero-order valence-corrected chi connectivity index (χ0v) is 12.9.